The van der Waals surface area contributed by atoms with Crippen LogP contribution in [0.1, 0.15) is 18.9 Å². The van der Waals surface area contributed by atoms with E-state index >= 15 is 0 Å². The molecule has 2 aromatic rings. The molecule has 2 rings (SSSR count). The molecule has 6 nitrogen and oxygen atoms in total. The maximum atomic E-state index is 12.1. The summed E-state index contributed by atoms with van der Waals surface area (Å²) in [5.41, 5.74) is 0.844. The number of hydrogen-bond acceptors (Lipinski definition) is 6. The summed E-state index contributed by atoms with van der Waals surface area (Å²) < 4.78 is 34.8. The quantitative estimate of drug-likeness (QED) is 0.602. The van der Waals surface area contributed by atoms with Crippen molar-refractivity contribution in [2.75, 3.05) is 6.61 Å². The van der Waals surface area contributed by atoms with Crippen LogP contribution in [0.15, 0.2) is 41.8 Å². The van der Waals surface area contributed by atoms with Gasteiger partial charge in [0.15, 0.2) is 5.03 Å². The predicted molar refractivity (Wildman–Crippen MR) is 76.8 cm³/mol. The molecular formula is C14H16N2O4S. The van der Waals surface area contributed by atoms with Crippen molar-refractivity contribution in [3.8, 4) is 11.5 Å². The van der Waals surface area contributed by atoms with E-state index in [1.165, 1.54) is 12.3 Å². The molecule has 0 N–H and O–H groups in total. The number of nitrogens with zero attached hydrogens (tertiary/aromatic N) is 2. The Balaban J connectivity index is 2.25. The summed E-state index contributed by atoms with van der Waals surface area (Å²) in [6.07, 6.45) is 3.36. The Kier molecular flexibility index (Phi) is 4.74. The summed E-state index contributed by atoms with van der Waals surface area (Å²) in [7, 11) is -3.97. The van der Waals surface area contributed by atoms with Gasteiger partial charge in [0.25, 0.3) is 0 Å². The fourth-order valence-electron chi connectivity index (χ4n) is 1.66. The summed E-state index contributed by atoms with van der Waals surface area (Å²) >= 11 is 0. The Morgan fingerprint density at radius 1 is 1.19 bits per heavy atom. The number of benzene rings is 1. The van der Waals surface area contributed by atoms with Gasteiger partial charge in [0, 0.05) is 12.3 Å². The highest BCUT2D eigenvalue weighted by molar-refractivity contribution is 7.87. The lowest BCUT2D eigenvalue weighted by atomic mass is 10.2. The maximum absolute atomic E-state index is 12.1. The van der Waals surface area contributed by atoms with E-state index in [0.717, 1.165) is 18.3 Å². The Morgan fingerprint density at radius 3 is 2.62 bits per heavy atom. The average molecular weight is 308 g/mol. The van der Waals surface area contributed by atoms with Gasteiger partial charge < -0.3 is 8.92 Å². The van der Waals surface area contributed by atoms with E-state index < -0.39 is 10.1 Å². The molecule has 0 radical (unpaired) electrons. The fourth-order valence-corrected chi connectivity index (χ4v) is 2.50. The van der Waals surface area contributed by atoms with Crippen LogP contribution >= 0.6 is 0 Å². The van der Waals surface area contributed by atoms with Crippen molar-refractivity contribution in [2.24, 2.45) is 0 Å². The lowest BCUT2D eigenvalue weighted by molar-refractivity contribution is 0.316. The second kappa shape index (κ2) is 6.53. The zero-order chi connectivity index (χ0) is 15.3. The monoisotopic (exact) mass is 308 g/mol. The molecule has 1 aromatic carbocycles. The Bertz CT molecular complexity index is 702. The van der Waals surface area contributed by atoms with Crippen molar-refractivity contribution >= 4 is 10.1 Å². The zero-order valence-electron chi connectivity index (χ0n) is 11.8. The number of rotatable bonds is 6. The second-order valence-electron chi connectivity index (χ2n) is 4.42. The largest absolute Gasteiger partial charge is 0.493 e. The van der Waals surface area contributed by atoms with Crippen molar-refractivity contribution < 1.29 is 17.3 Å². The third kappa shape index (κ3) is 4.16. The van der Waals surface area contributed by atoms with E-state index in [1.807, 2.05) is 19.9 Å². The molecule has 0 aliphatic heterocycles. The van der Waals surface area contributed by atoms with Gasteiger partial charge in [0.05, 0.1) is 6.61 Å². The molecule has 0 aliphatic carbocycles. The summed E-state index contributed by atoms with van der Waals surface area (Å²) in [5, 5.41) is -0.185. The van der Waals surface area contributed by atoms with Crippen molar-refractivity contribution in [3.63, 3.8) is 0 Å². The molecule has 7 heteroatoms. The number of aryl methyl sites for hydroxylation is 1. The van der Waals surface area contributed by atoms with Crippen molar-refractivity contribution in [2.45, 2.75) is 25.3 Å². The minimum absolute atomic E-state index is 0.185. The number of hydrogen-bond donors (Lipinski definition) is 0. The van der Waals surface area contributed by atoms with Crippen LogP contribution in [-0.4, -0.2) is 25.0 Å². The van der Waals surface area contributed by atoms with Crippen molar-refractivity contribution in [1.29, 1.82) is 0 Å². The molecule has 0 spiro atoms. The average Bonchev–Trinajstić information content (AvgIpc) is 2.45. The molecule has 0 bridgehead atoms. The standard InChI is InChI=1S/C14H16N2O4S/c1-3-6-19-12-7-11(2)8-13(9-12)20-21(17,18)14-4-5-15-10-16-14/h4-5,7-10H,3,6H2,1-2H3. The summed E-state index contributed by atoms with van der Waals surface area (Å²) in [6, 6.07) is 6.26. The summed E-state index contributed by atoms with van der Waals surface area (Å²) in [4.78, 5) is 7.36. The van der Waals surface area contributed by atoms with Crippen molar-refractivity contribution in [3.05, 3.63) is 42.4 Å². The molecule has 112 valence electrons. The van der Waals surface area contributed by atoms with Gasteiger partial charge in [-0.15, -0.1) is 0 Å². The van der Waals surface area contributed by atoms with Crippen LogP contribution in [0.5, 0.6) is 11.5 Å². The van der Waals surface area contributed by atoms with Gasteiger partial charge >= 0.3 is 10.1 Å². The third-order valence-corrected chi connectivity index (χ3v) is 3.68. The topological polar surface area (TPSA) is 78.4 Å². The van der Waals surface area contributed by atoms with Gasteiger partial charge in [-0.05, 0) is 37.1 Å². The van der Waals surface area contributed by atoms with Crippen LogP contribution in [0.2, 0.25) is 0 Å². The van der Waals surface area contributed by atoms with Crippen LogP contribution in [0, 0.1) is 6.92 Å². The first-order valence-corrected chi connectivity index (χ1v) is 7.87. The summed E-state index contributed by atoms with van der Waals surface area (Å²) in [6.45, 7) is 4.39. The van der Waals surface area contributed by atoms with Gasteiger partial charge in [0.1, 0.15) is 17.8 Å². The highest BCUT2D eigenvalue weighted by Gasteiger charge is 2.18. The maximum Gasteiger partial charge on any atom is 0.357 e. The predicted octanol–water partition coefficient (Wildman–Crippen LogP) is 2.34. The minimum atomic E-state index is -3.97. The van der Waals surface area contributed by atoms with E-state index in [9.17, 15) is 8.42 Å². The van der Waals surface area contributed by atoms with E-state index in [2.05, 4.69) is 9.97 Å². The molecule has 1 heterocycles. The Hall–Kier alpha value is -2.15. The second-order valence-corrected chi connectivity index (χ2v) is 5.91. The molecule has 0 fully saturated rings. The van der Waals surface area contributed by atoms with Crippen LogP contribution in [0.3, 0.4) is 0 Å². The van der Waals surface area contributed by atoms with Gasteiger partial charge in [0.2, 0.25) is 0 Å². The van der Waals surface area contributed by atoms with Crippen LogP contribution in [0.25, 0.3) is 0 Å². The molecule has 0 atom stereocenters. The first-order valence-electron chi connectivity index (χ1n) is 6.46. The normalized spacial score (nSPS) is 11.1. The molecular weight excluding hydrogens is 292 g/mol. The highest BCUT2D eigenvalue weighted by atomic mass is 32.2. The minimum Gasteiger partial charge on any atom is -0.493 e. The first-order chi connectivity index (χ1) is 10.0. The molecule has 0 saturated heterocycles. The van der Waals surface area contributed by atoms with Crippen molar-refractivity contribution in [1.82, 2.24) is 9.97 Å². The molecule has 21 heavy (non-hydrogen) atoms. The van der Waals surface area contributed by atoms with Crippen LogP contribution in [-0.2, 0) is 10.1 Å². The van der Waals surface area contributed by atoms with Crippen LogP contribution in [0.4, 0.5) is 0 Å². The Labute approximate surface area is 123 Å². The summed E-state index contributed by atoms with van der Waals surface area (Å²) in [5.74, 6) is 0.768. The molecule has 0 saturated carbocycles. The Morgan fingerprint density at radius 2 is 1.95 bits per heavy atom. The van der Waals surface area contributed by atoms with E-state index in [0.29, 0.717) is 12.4 Å². The van der Waals surface area contributed by atoms with Gasteiger partial charge in [-0.3, -0.25) is 0 Å². The number of ether oxygens (including phenoxy) is 1. The van der Waals surface area contributed by atoms with E-state index in [4.69, 9.17) is 8.92 Å². The highest BCUT2D eigenvalue weighted by Crippen LogP contribution is 2.25. The fraction of sp³-hybridized carbons (Fsp3) is 0.286. The molecule has 0 unspecified atom stereocenters. The third-order valence-electron chi connectivity index (χ3n) is 2.51. The number of aromatic nitrogens is 2. The lowest BCUT2D eigenvalue weighted by Crippen LogP contribution is -2.11. The molecule has 0 amide bonds. The first kappa shape index (κ1) is 15.2. The SMILES string of the molecule is CCCOc1cc(C)cc(OS(=O)(=O)c2ccncn2)c1. The lowest BCUT2D eigenvalue weighted by Gasteiger charge is -2.10. The molecule has 0 aliphatic rings. The van der Waals surface area contributed by atoms with Crippen LogP contribution < -0.4 is 8.92 Å². The molecule has 1 aromatic heterocycles. The van der Waals surface area contributed by atoms with Gasteiger partial charge in [-0.1, -0.05) is 6.92 Å². The van der Waals surface area contributed by atoms with E-state index in [-0.39, 0.29) is 10.8 Å². The smallest absolute Gasteiger partial charge is 0.357 e. The van der Waals surface area contributed by atoms with Gasteiger partial charge in [-0.2, -0.15) is 8.42 Å². The van der Waals surface area contributed by atoms with E-state index in [1.54, 1.807) is 12.1 Å². The zero-order valence-corrected chi connectivity index (χ0v) is 12.6. The van der Waals surface area contributed by atoms with Gasteiger partial charge in [-0.25, -0.2) is 9.97 Å².